The fourth-order valence-corrected chi connectivity index (χ4v) is 4.85. The molecule has 1 aromatic heterocycles. The number of rotatable bonds is 7. The van der Waals surface area contributed by atoms with E-state index in [9.17, 15) is 9.59 Å². The van der Waals surface area contributed by atoms with Crippen molar-refractivity contribution in [1.29, 1.82) is 0 Å². The highest BCUT2D eigenvalue weighted by atomic mass is 35.5. The predicted octanol–water partition coefficient (Wildman–Crippen LogP) is 4.05. The molecule has 0 saturated carbocycles. The minimum Gasteiger partial charge on any atom is -0.352 e. The Morgan fingerprint density at radius 2 is 2.00 bits per heavy atom. The van der Waals surface area contributed by atoms with E-state index in [0.717, 1.165) is 49.2 Å². The number of aromatic nitrogens is 2. The van der Waals surface area contributed by atoms with E-state index in [1.54, 1.807) is 12.1 Å². The van der Waals surface area contributed by atoms with Gasteiger partial charge >= 0.3 is 0 Å². The van der Waals surface area contributed by atoms with Crippen LogP contribution < -0.4 is 10.2 Å². The number of likely N-dealkylation sites (tertiary alicyclic amines) is 1. The van der Waals surface area contributed by atoms with Gasteiger partial charge in [-0.05, 0) is 67.8 Å². The van der Waals surface area contributed by atoms with Crippen molar-refractivity contribution in [1.82, 2.24) is 20.4 Å². The summed E-state index contributed by atoms with van der Waals surface area (Å²) in [6, 6.07) is 15.2. The topological polar surface area (TPSA) is 91.6 Å². The summed E-state index contributed by atoms with van der Waals surface area (Å²) in [6.45, 7) is 3.24. The summed E-state index contributed by atoms with van der Waals surface area (Å²) in [4.78, 5) is 33.5. The van der Waals surface area contributed by atoms with Crippen LogP contribution in [0.3, 0.4) is 0 Å². The van der Waals surface area contributed by atoms with E-state index in [1.165, 1.54) is 0 Å². The van der Waals surface area contributed by atoms with E-state index in [0.29, 0.717) is 42.8 Å². The first-order valence-corrected chi connectivity index (χ1v) is 12.4. The van der Waals surface area contributed by atoms with E-state index >= 15 is 0 Å². The van der Waals surface area contributed by atoms with Crippen molar-refractivity contribution in [2.45, 2.75) is 38.8 Å². The van der Waals surface area contributed by atoms with Gasteiger partial charge in [-0.25, -0.2) is 0 Å². The van der Waals surface area contributed by atoms with Crippen molar-refractivity contribution < 1.29 is 14.1 Å². The molecule has 3 aromatic rings. The lowest BCUT2D eigenvalue weighted by molar-refractivity contribution is -0.127. The molecule has 35 heavy (non-hydrogen) atoms. The molecule has 3 heterocycles. The van der Waals surface area contributed by atoms with E-state index in [-0.39, 0.29) is 17.7 Å². The maximum atomic E-state index is 12.9. The van der Waals surface area contributed by atoms with E-state index in [1.807, 2.05) is 41.3 Å². The van der Waals surface area contributed by atoms with Gasteiger partial charge in [-0.2, -0.15) is 4.98 Å². The summed E-state index contributed by atoms with van der Waals surface area (Å²) in [7, 11) is 0. The lowest BCUT2D eigenvalue weighted by Crippen LogP contribution is -2.42. The Bertz CT molecular complexity index is 1200. The normalized spacial score (nSPS) is 18.7. The summed E-state index contributed by atoms with van der Waals surface area (Å²) < 4.78 is 5.45. The number of carbonyl (C=O) groups excluding carboxylic acids is 2. The molecule has 1 N–H and O–H groups in total. The zero-order valence-corrected chi connectivity index (χ0v) is 20.2. The summed E-state index contributed by atoms with van der Waals surface area (Å²) in [5.74, 6) is 1.18. The summed E-state index contributed by atoms with van der Waals surface area (Å²) in [5, 5.41) is 7.82. The van der Waals surface area contributed by atoms with Crippen LogP contribution in [-0.4, -0.2) is 46.5 Å². The van der Waals surface area contributed by atoms with E-state index in [4.69, 9.17) is 16.1 Å². The molecule has 1 atom stereocenters. The fourth-order valence-electron chi connectivity index (χ4n) is 4.73. The largest absolute Gasteiger partial charge is 0.352 e. The molecule has 0 bridgehead atoms. The third kappa shape index (κ3) is 5.71. The van der Waals surface area contributed by atoms with Gasteiger partial charge in [0.1, 0.15) is 0 Å². The summed E-state index contributed by atoms with van der Waals surface area (Å²) in [5.41, 5.74) is 2.74. The molecule has 5 rings (SSSR count). The Morgan fingerprint density at radius 1 is 1.14 bits per heavy atom. The van der Waals surface area contributed by atoms with Crippen LogP contribution in [0.1, 0.15) is 37.1 Å². The van der Waals surface area contributed by atoms with Crippen molar-refractivity contribution in [3.8, 4) is 11.4 Å². The van der Waals surface area contributed by atoms with Gasteiger partial charge in [-0.1, -0.05) is 28.9 Å². The zero-order chi connectivity index (χ0) is 24.2. The van der Waals surface area contributed by atoms with Gasteiger partial charge in [0.15, 0.2) is 0 Å². The average Bonchev–Trinajstić information content (AvgIpc) is 3.52. The number of anilines is 1. The third-order valence-corrected chi connectivity index (χ3v) is 6.82. The highest BCUT2D eigenvalue weighted by molar-refractivity contribution is 6.30. The number of hydrogen-bond donors (Lipinski definition) is 1. The van der Waals surface area contributed by atoms with Crippen molar-refractivity contribution >= 4 is 29.1 Å². The van der Waals surface area contributed by atoms with Crippen LogP contribution in [0.15, 0.2) is 53.1 Å². The summed E-state index contributed by atoms with van der Waals surface area (Å²) >= 11 is 5.95. The van der Waals surface area contributed by atoms with E-state index in [2.05, 4.69) is 20.4 Å². The van der Waals surface area contributed by atoms with Gasteiger partial charge in [-0.15, -0.1) is 0 Å². The van der Waals surface area contributed by atoms with Crippen molar-refractivity contribution in [2.24, 2.45) is 5.92 Å². The molecule has 2 saturated heterocycles. The molecule has 8 nitrogen and oxygen atoms in total. The number of nitrogens with one attached hydrogen (secondary N) is 1. The number of benzene rings is 2. The average molecular weight is 494 g/mol. The molecular formula is C26H28ClN5O3. The number of hydrogen-bond acceptors (Lipinski definition) is 6. The Kier molecular flexibility index (Phi) is 7.11. The zero-order valence-electron chi connectivity index (χ0n) is 19.5. The van der Waals surface area contributed by atoms with Crippen LogP contribution in [-0.2, 0) is 22.7 Å². The number of halogens is 1. The maximum Gasteiger partial charge on any atom is 0.241 e. The monoisotopic (exact) mass is 493 g/mol. The fraction of sp³-hybridized carbons (Fsp3) is 0.385. The second-order valence-corrected chi connectivity index (χ2v) is 9.57. The van der Waals surface area contributed by atoms with Crippen LogP contribution in [0.5, 0.6) is 0 Å². The highest BCUT2D eigenvalue weighted by Gasteiger charge is 2.27. The summed E-state index contributed by atoms with van der Waals surface area (Å²) in [6.07, 6.45) is 3.28. The first kappa shape index (κ1) is 23.5. The molecule has 9 heteroatoms. The molecule has 2 fully saturated rings. The SMILES string of the molecule is O=C(NCc1cccc(N2CCCC2=O)c1)C1CCCN(Cc2nc(-c3ccc(Cl)cc3)no2)C1. The molecule has 2 amide bonds. The lowest BCUT2D eigenvalue weighted by Gasteiger charge is -2.30. The quantitative estimate of drug-likeness (QED) is 0.534. The van der Waals surface area contributed by atoms with Gasteiger partial charge in [-0.3, -0.25) is 14.5 Å². The Hall–Kier alpha value is -3.23. The molecule has 2 aliphatic rings. The number of piperidine rings is 1. The Morgan fingerprint density at radius 3 is 2.80 bits per heavy atom. The molecule has 1 unspecified atom stereocenters. The van der Waals surface area contributed by atoms with Gasteiger partial charge < -0.3 is 14.7 Å². The van der Waals surface area contributed by atoms with Gasteiger partial charge in [0, 0.05) is 42.3 Å². The molecule has 2 aliphatic heterocycles. The van der Waals surface area contributed by atoms with Crippen LogP contribution >= 0.6 is 11.6 Å². The second kappa shape index (κ2) is 10.6. The third-order valence-electron chi connectivity index (χ3n) is 6.57. The molecule has 182 valence electrons. The van der Waals surface area contributed by atoms with Gasteiger partial charge in [0.25, 0.3) is 0 Å². The van der Waals surface area contributed by atoms with Crippen molar-refractivity contribution in [2.75, 3.05) is 24.5 Å². The Labute approximate surface area is 209 Å². The van der Waals surface area contributed by atoms with Crippen LogP contribution in [0.4, 0.5) is 5.69 Å². The molecule has 2 aromatic carbocycles. The van der Waals surface area contributed by atoms with Crippen molar-refractivity contribution in [3.63, 3.8) is 0 Å². The lowest BCUT2D eigenvalue weighted by atomic mass is 9.97. The van der Waals surface area contributed by atoms with Gasteiger partial charge in [0.05, 0.1) is 12.5 Å². The standard InChI is InChI=1S/C26H28ClN5O3/c27-21-10-8-19(9-11-21)25-29-23(35-30-25)17-31-12-2-5-20(16-31)26(34)28-15-18-4-1-6-22(14-18)32-13-3-7-24(32)33/h1,4,6,8-11,14,20H,2-3,5,7,12-13,15-17H2,(H,28,34). The van der Waals surface area contributed by atoms with Crippen LogP contribution in [0, 0.1) is 5.92 Å². The molecule has 0 aliphatic carbocycles. The second-order valence-electron chi connectivity index (χ2n) is 9.13. The minimum atomic E-state index is -0.0919. The first-order chi connectivity index (χ1) is 17.0. The number of amides is 2. The van der Waals surface area contributed by atoms with Crippen LogP contribution in [0.2, 0.25) is 5.02 Å². The number of carbonyl (C=O) groups is 2. The van der Waals surface area contributed by atoms with E-state index < -0.39 is 0 Å². The maximum absolute atomic E-state index is 12.9. The number of nitrogens with zero attached hydrogens (tertiary/aromatic N) is 4. The van der Waals surface area contributed by atoms with Crippen molar-refractivity contribution in [3.05, 3.63) is 65.0 Å². The predicted molar refractivity (Wildman–Crippen MR) is 133 cm³/mol. The van der Waals surface area contributed by atoms with Gasteiger partial charge in [0.2, 0.25) is 23.5 Å². The molecular weight excluding hydrogens is 466 g/mol. The Balaban J connectivity index is 1.14. The highest BCUT2D eigenvalue weighted by Crippen LogP contribution is 2.24. The minimum absolute atomic E-state index is 0.0461. The first-order valence-electron chi connectivity index (χ1n) is 12.0. The smallest absolute Gasteiger partial charge is 0.241 e. The molecule has 0 radical (unpaired) electrons. The van der Waals surface area contributed by atoms with Crippen LogP contribution in [0.25, 0.3) is 11.4 Å². The molecule has 0 spiro atoms.